The lowest BCUT2D eigenvalue weighted by Gasteiger charge is -2.13. The van der Waals surface area contributed by atoms with Crippen LogP contribution in [0.25, 0.3) is 0 Å². The Hall–Kier alpha value is -3.60. The standard InChI is InChI=1S/C24H25N3O2/c1-16-9-11-20(18(3)13-16)15-25-24(29)27-22-14-19(12-10-17(22)2)23(28)26-21-7-5-4-6-8-21/h4-14H,15H2,1-3H3,(H,26,28)(H2,25,27,29). The van der Waals surface area contributed by atoms with E-state index in [-0.39, 0.29) is 11.9 Å². The first-order valence-electron chi connectivity index (χ1n) is 9.50. The molecule has 29 heavy (non-hydrogen) atoms. The van der Waals surface area contributed by atoms with Gasteiger partial charge >= 0.3 is 6.03 Å². The van der Waals surface area contributed by atoms with Crippen LogP contribution in [0.15, 0.2) is 66.7 Å². The van der Waals surface area contributed by atoms with Gasteiger partial charge < -0.3 is 16.0 Å². The summed E-state index contributed by atoms with van der Waals surface area (Å²) in [5, 5.41) is 8.56. The van der Waals surface area contributed by atoms with E-state index >= 15 is 0 Å². The molecule has 3 N–H and O–H groups in total. The van der Waals surface area contributed by atoms with Gasteiger partial charge in [0.1, 0.15) is 0 Å². The summed E-state index contributed by atoms with van der Waals surface area (Å²) in [5.74, 6) is -0.227. The number of rotatable bonds is 5. The van der Waals surface area contributed by atoms with Gasteiger partial charge in [-0.1, -0.05) is 48.0 Å². The summed E-state index contributed by atoms with van der Waals surface area (Å²) in [6.07, 6.45) is 0. The molecule has 148 valence electrons. The summed E-state index contributed by atoms with van der Waals surface area (Å²) in [4.78, 5) is 24.9. The molecule has 3 rings (SSSR count). The summed E-state index contributed by atoms with van der Waals surface area (Å²) in [6.45, 7) is 6.39. The zero-order valence-corrected chi connectivity index (χ0v) is 16.9. The number of nitrogens with one attached hydrogen (secondary N) is 3. The average Bonchev–Trinajstić information content (AvgIpc) is 2.69. The van der Waals surface area contributed by atoms with E-state index in [4.69, 9.17) is 0 Å². The first-order valence-corrected chi connectivity index (χ1v) is 9.50. The van der Waals surface area contributed by atoms with Gasteiger partial charge in [0.15, 0.2) is 0 Å². The van der Waals surface area contributed by atoms with Crippen LogP contribution in [-0.2, 0) is 6.54 Å². The molecule has 0 fully saturated rings. The lowest BCUT2D eigenvalue weighted by molar-refractivity contribution is 0.102. The van der Waals surface area contributed by atoms with Crippen LogP contribution in [0.3, 0.4) is 0 Å². The lowest BCUT2D eigenvalue weighted by Crippen LogP contribution is -2.29. The number of carbonyl (C=O) groups excluding carboxylic acids is 2. The molecule has 0 radical (unpaired) electrons. The molecule has 3 aromatic carbocycles. The third-order valence-electron chi connectivity index (χ3n) is 4.72. The molecule has 0 aromatic heterocycles. The Labute approximate surface area is 171 Å². The molecule has 0 saturated carbocycles. The Balaban J connectivity index is 1.64. The number of anilines is 2. The second-order valence-corrected chi connectivity index (χ2v) is 7.09. The predicted octanol–water partition coefficient (Wildman–Crippen LogP) is 5.19. The van der Waals surface area contributed by atoms with Gasteiger partial charge in [0, 0.05) is 23.5 Å². The molecule has 0 heterocycles. The SMILES string of the molecule is Cc1ccc(CNC(=O)Nc2cc(C(=O)Nc3ccccc3)ccc2C)c(C)c1. The maximum atomic E-state index is 12.5. The number of hydrogen-bond acceptors (Lipinski definition) is 2. The Morgan fingerprint density at radius 1 is 0.793 bits per heavy atom. The number of aryl methyl sites for hydroxylation is 3. The van der Waals surface area contributed by atoms with Crippen LogP contribution < -0.4 is 16.0 Å². The van der Waals surface area contributed by atoms with Gasteiger partial charge in [0.25, 0.3) is 5.91 Å². The molecule has 0 aliphatic heterocycles. The molecule has 0 atom stereocenters. The molecule has 0 bridgehead atoms. The van der Waals surface area contributed by atoms with Crippen molar-refractivity contribution in [2.75, 3.05) is 10.6 Å². The largest absolute Gasteiger partial charge is 0.334 e. The molecular weight excluding hydrogens is 362 g/mol. The Morgan fingerprint density at radius 3 is 2.28 bits per heavy atom. The maximum Gasteiger partial charge on any atom is 0.319 e. The quantitative estimate of drug-likeness (QED) is 0.564. The van der Waals surface area contributed by atoms with Crippen LogP contribution in [0.1, 0.15) is 32.6 Å². The summed E-state index contributed by atoms with van der Waals surface area (Å²) >= 11 is 0. The highest BCUT2D eigenvalue weighted by molar-refractivity contribution is 6.05. The van der Waals surface area contributed by atoms with Crippen molar-refractivity contribution < 1.29 is 9.59 Å². The minimum atomic E-state index is -0.311. The molecule has 0 unspecified atom stereocenters. The fraction of sp³-hybridized carbons (Fsp3) is 0.167. The van der Waals surface area contributed by atoms with Gasteiger partial charge in [0.2, 0.25) is 0 Å². The fourth-order valence-electron chi connectivity index (χ4n) is 3.01. The fourth-order valence-corrected chi connectivity index (χ4v) is 3.01. The van der Waals surface area contributed by atoms with Gasteiger partial charge in [-0.3, -0.25) is 4.79 Å². The normalized spacial score (nSPS) is 10.3. The van der Waals surface area contributed by atoms with E-state index in [2.05, 4.69) is 22.0 Å². The average molecular weight is 387 g/mol. The molecule has 5 heteroatoms. The Morgan fingerprint density at radius 2 is 1.55 bits per heavy atom. The highest BCUT2D eigenvalue weighted by Crippen LogP contribution is 2.18. The highest BCUT2D eigenvalue weighted by atomic mass is 16.2. The molecule has 0 spiro atoms. The number of benzene rings is 3. The number of carbonyl (C=O) groups is 2. The summed E-state index contributed by atoms with van der Waals surface area (Å²) in [6, 6.07) is 20.3. The summed E-state index contributed by atoms with van der Waals surface area (Å²) < 4.78 is 0. The van der Waals surface area contributed by atoms with E-state index in [1.807, 2.05) is 69.3 Å². The summed E-state index contributed by atoms with van der Waals surface area (Å²) in [5.41, 5.74) is 6.08. The second kappa shape index (κ2) is 9.06. The lowest BCUT2D eigenvalue weighted by atomic mass is 10.1. The smallest absolute Gasteiger partial charge is 0.319 e. The van der Waals surface area contributed by atoms with E-state index in [1.54, 1.807) is 12.1 Å². The molecule has 0 aliphatic rings. The first kappa shape index (κ1) is 20.1. The van der Waals surface area contributed by atoms with Gasteiger partial charge in [-0.05, 0) is 61.7 Å². The number of urea groups is 1. The third-order valence-corrected chi connectivity index (χ3v) is 4.72. The molecule has 0 saturated heterocycles. The molecular formula is C24H25N3O2. The van der Waals surface area contributed by atoms with Gasteiger partial charge in [-0.2, -0.15) is 0 Å². The summed E-state index contributed by atoms with van der Waals surface area (Å²) in [7, 11) is 0. The highest BCUT2D eigenvalue weighted by Gasteiger charge is 2.11. The van der Waals surface area contributed by atoms with Crippen LogP contribution >= 0.6 is 0 Å². The molecule has 3 aromatic rings. The van der Waals surface area contributed by atoms with Gasteiger partial charge in [0.05, 0.1) is 0 Å². The van der Waals surface area contributed by atoms with Crippen molar-refractivity contribution in [1.29, 1.82) is 0 Å². The second-order valence-electron chi connectivity index (χ2n) is 7.09. The minimum Gasteiger partial charge on any atom is -0.334 e. The van der Waals surface area contributed by atoms with E-state index in [0.29, 0.717) is 17.8 Å². The van der Waals surface area contributed by atoms with E-state index in [0.717, 1.165) is 22.4 Å². The van der Waals surface area contributed by atoms with E-state index < -0.39 is 0 Å². The van der Waals surface area contributed by atoms with E-state index in [1.165, 1.54) is 5.56 Å². The zero-order valence-electron chi connectivity index (χ0n) is 16.9. The Bertz CT molecular complexity index is 1030. The van der Waals surface area contributed by atoms with Crippen molar-refractivity contribution in [3.05, 3.63) is 94.5 Å². The Kier molecular flexibility index (Phi) is 6.29. The van der Waals surface area contributed by atoms with Gasteiger partial charge in [-0.15, -0.1) is 0 Å². The van der Waals surface area contributed by atoms with Crippen LogP contribution in [-0.4, -0.2) is 11.9 Å². The van der Waals surface area contributed by atoms with Crippen LogP contribution in [0.2, 0.25) is 0 Å². The van der Waals surface area contributed by atoms with Crippen molar-refractivity contribution >= 4 is 23.3 Å². The van der Waals surface area contributed by atoms with Gasteiger partial charge in [-0.25, -0.2) is 4.79 Å². The van der Waals surface area contributed by atoms with E-state index in [9.17, 15) is 9.59 Å². The van der Waals surface area contributed by atoms with Crippen molar-refractivity contribution in [2.45, 2.75) is 27.3 Å². The van der Waals surface area contributed by atoms with Crippen molar-refractivity contribution in [3.63, 3.8) is 0 Å². The first-order chi connectivity index (χ1) is 13.9. The number of hydrogen-bond donors (Lipinski definition) is 3. The van der Waals surface area contributed by atoms with Crippen molar-refractivity contribution in [2.24, 2.45) is 0 Å². The molecule has 5 nitrogen and oxygen atoms in total. The topological polar surface area (TPSA) is 70.2 Å². The maximum absolute atomic E-state index is 12.5. The predicted molar refractivity (Wildman–Crippen MR) is 117 cm³/mol. The number of amides is 3. The minimum absolute atomic E-state index is 0.227. The zero-order chi connectivity index (χ0) is 20.8. The number of para-hydroxylation sites is 1. The van der Waals surface area contributed by atoms with Crippen LogP contribution in [0.5, 0.6) is 0 Å². The molecule has 3 amide bonds. The van der Waals surface area contributed by atoms with Crippen molar-refractivity contribution in [1.82, 2.24) is 5.32 Å². The van der Waals surface area contributed by atoms with Crippen molar-refractivity contribution in [3.8, 4) is 0 Å². The third kappa shape index (κ3) is 5.45. The molecule has 0 aliphatic carbocycles. The van der Waals surface area contributed by atoms with Crippen LogP contribution in [0, 0.1) is 20.8 Å². The monoisotopic (exact) mass is 387 g/mol. The van der Waals surface area contributed by atoms with Crippen LogP contribution in [0.4, 0.5) is 16.2 Å².